The number of ketones is 1. The SMILES string of the molecule is CC(C)[C@H](NC(=O)N[C@H]1CCCCCCCC2C[C@@]2(C(=O)O)NC(=O)[C@@H]2CCCN2C1=O)C(=O)c1ccc(F)cc1. The third kappa shape index (κ3) is 7.05. The number of hydrogen-bond acceptors (Lipinski definition) is 5. The van der Waals surface area contributed by atoms with Crippen LogP contribution in [0.25, 0.3) is 0 Å². The molecule has 1 aromatic rings. The number of nitrogens with zero attached hydrogens (tertiary/aromatic N) is 1. The van der Waals surface area contributed by atoms with Crippen LogP contribution in [0.2, 0.25) is 0 Å². The van der Waals surface area contributed by atoms with Crippen molar-refractivity contribution in [3.8, 4) is 0 Å². The van der Waals surface area contributed by atoms with Crippen LogP contribution in [0.4, 0.5) is 9.18 Å². The van der Waals surface area contributed by atoms with Crippen molar-refractivity contribution in [3.63, 3.8) is 0 Å². The molecule has 224 valence electrons. The fourth-order valence-corrected chi connectivity index (χ4v) is 6.15. The van der Waals surface area contributed by atoms with E-state index in [0.717, 1.165) is 32.1 Å². The second-order valence-corrected chi connectivity index (χ2v) is 12.0. The number of Topliss-reactive ketones (excluding diaryl/α,β-unsaturated/α-hetero) is 1. The van der Waals surface area contributed by atoms with Gasteiger partial charge in [0.1, 0.15) is 23.4 Å². The zero-order valence-corrected chi connectivity index (χ0v) is 23.8. The lowest BCUT2D eigenvalue weighted by atomic mass is 9.95. The highest BCUT2D eigenvalue weighted by Crippen LogP contribution is 2.47. The maximum Gasteiger partial charge on any atom is 0.329 e. The lowest BCUT2D eigenvalue weighted by molar-refractivity contribution is -0.145. The molecule has 3 aliphatic rings. The van der Waals surface area contributed by atoms with Crippen molar-refractivity contribution < 1.29 is 33.5 Å². The highest BCUT2D eigenvalue weighted by molar-refractivity contribution is 6.02. The third-order valence-electron chi connectivity index (χ3n) is 8.68. The number of urea groups is 1. The molecule has 2 heterocycles. The molecule has 11 heteroatoms. The first kappa shape index (κ1) is 30.5. The van der Waals surface area contributed by atoms with Gasteiger partial charge in [-0.05, 0) is 68.2 Å². The van der Waals surface area contributed by atoms with Crippen LogP contribution in [0, 0.1) is 17.7 Å². The summed E-state index contributed by atoms with van der Waals surface area (Å²) in [4.78, 5) is 66.8. The van der Waals surface area contributed by atoms with Crippen LogP contribution < -0.4 is 16.0 Å². The fourth-order valence-electron chi connectivity index (χ4n) is 6.15. The van der Waals surface area contributed by atoms with Gasteiger partial charge in [0.25, 0.3) is 0 Å². The largest absolute Gasteiger partial charge is 0.479 e. The zero-order chi connectivity index (χ0) is 29.7. The van der Waals surface area contributed by atoms with E-state index in [0.29, 0.717) is 38.6 Å². The molecule has 4 amide bonds. The van der Waals surface area contributed by atoms with Crippen LogP contribution >= 0.6 is 0 Å². The first-order valence-corrected chi connectivity index (χ1v) is 14.8. The maximum atomic E-state index is 13.7. The Bertz CT molecular complexity index is 1160. The number of rotatable bonds is 6. The summed E-state index contributed by atoms with van der Waals surface area (Å²) in [5.41, 5.74) is -1.01. The van der Waals surface area contributed by atoms with Crippen molar-refractivity contribution in [2.75, 3.05) is 6.54 Å². The molecule has 5 atom stereocenters. The van der Waals surface area contributed by atoms with Gasteiger partial charge in [-0.1, -0.05) is 46.0 Å². The highest BCUT2D eigenvalue weighted by atomic mass is 19.1. The van der Waals surface area contributed by atoms with Crippen molar-refractivity contribution in [1.29, 1.82) is 0 Å². The average Bonchev–Trinajstić information content (AvgIpc) is 3.40. The van der Waals surface area contributed by atoms with Crippen molar-refractivity contribution >= 4 is 29.6 Å². The lowest BCUT2D eigenvalue weighted by Crippen LogP contribution is -2.58. The van der Waals surface area contributed by atoms with Crippen LogP contribution in [-0.4, -0.2) is 69.8 Å². The number of carbonyl (C=O) groups is 5. The van der Waals surface area contributed by atoms with Gasteiger partial charge in [0.15, 0.2) is 5.78 Å². The lowest BCUT2D eigenvalue weighted by Gasteiger charge is -2.30. The van der Waals surface area contributed by atoms with E-state index < -0.39 is 53.3 Å². The Morgan fingerprint density at radius 1 is 1.00 bits per heavy atom. The Labute approximate surface area is 239 Å². The first-order chi connectivity index (χ1) is 19.5. The van der Waals surface area contributed by atoms with E-state index in [1.807, 2.05) is 0 Å². The Morgan fingerprint density at radius 3 is 2.32 bits per heavy atom. The van der Waals surface area contributed by atoms with Gasteiger partial charge in [-0.2, -0.15) is 0 Å². The number of aliphatic carboxylic acids is 1. The molecule has 3 fully saturated rings. The van der Waals surface area contributed by atoms with Crippen LogP contribution in [0.3, 0.4) is 0 Å². The van der Waals surface area contributed by atoms with E-state index in [1.54, 1.807) is 13.8 Å². The Morgan fingerprint density at radius 2 is 1.66 bits per heavy atom. The predicted molar refractivity (Wildman–Crippen MR) is 148 cm³/mol. The van der Waals surface area contributed by atoms with E-state index in [2.05, 4.69) is 16.0 Å². The molecule has 41 heavy (non-hydrogen) atoms. The van der Waals surface area contributed by atoms with Crippen LogP contribution in [0.15, 0.2) is 24.3 Å². The molecule has 1 aromatic carbocycles. The van der Waals surface area contributed by atoms with Gasteiger partial charge in [-0.3, -0.25) is 14.4 Å². The van der Waals surface area contributed by atoms with Crippen LogP contribution in [0.5, 0.6) is 0 Å². The zero-order valence-electron chi connectivity index (χ0n) is 23.8. The molecule has 2 aliphatic heterocycles. The number of carbonyl (C=O) groups excluding carboxylic acids is 4. The van der Waals surface area contributed by atoms with E-state index in [9.17, 15) is 33.5 Å². The standard InChI is InChI=1S/C30H41FN4O6/c1-18(2)24(25(36)19-12-14-21(31)15-13-19)33-29(41)32-22-10-7-5-3-4-6-9-20-17-30(20,28(39)40)34-26(37)23-11-8-16-35(23)27(22)38/h12-15,18,20,22-24H,3-11,16-17H2,1-2H3,(H,34,37)(H,39,40)(H2,32,33,41)/t20?,22-,23-,24-,30+/m0/s1. The molecule has 4 rings (SSSR count). The number of amides is 4. The maximum absolute atomic E-state index is 13.7. The van der Waals surface area contributed by atoms with Gasteiger partial charge in [-0.15, -0.1) is 0 Å². The topological polar surface area (TPSA) is 145 Å². The Balaban J connectivity index is 1.48. The number of halogens is 1. The average molecular weight is 573 g/mol. The normalized spacial score (nSPS) is 27.9. The van der Waals surface area contributed by atoms with Gasteiger partial charge in [0.05, 0.1) is 6.04 Å². The van der Waals surface area contributed by atoms with Crippen molar-refractivity contribution in [2.45, 2.75) is 102 Å². The van der Waals surface area contributed by atoms with Crippen molar-refractivity contribution in [3.05, 3.63) is 35.6 Å². The second kappa shape index (κ2) is 13.0. The molecule has 1 saturated carbocycles. The highest BCUT2D eigenvalue weighted by Gasteiger charge is 2.61. The monoisotopic (exact) mass is 572 g/mol. The molecule has 10 nitrogen and oxygen atoms in total. The van der Waals surface area contributed by atoms with E-state index >= 15 is 0 Å². The van der Waals surface area contributed by atoms with E-state index in [1.165, 1.54) is 29.2 Å². The molecule has 1 aliphatic carbocycles. The minimum absolute atomic E-state index is 0.107. The molecule has 0 bridgehead atoms. The number of fused-ring (bicyclic) bond motifs is 2. The summed E-state index contributed by atoms with van der Waals surface area (Å²) < 4.78 is 13.4. The smallest absolute Gasteiger partial charge is 0.329 e. The molecule has 2 saturated heterocycles. The summed E-state index contributed by atoms with van der Waals surface area (Å²) in [5, 5.41) is 18.1. The molecule has 0 radical (unpaired) electrons. The molecular weight excluding hydrogens is 531 g/mol. The van der Waals surface area contributed by atoms with Gasteiger partial charge in [0, 0.05) is 12.1 Å². The molecule has 0 aromatic heterocycles. The minimum atomic E-state index is -1.27. The van der Waals surface area contributed by atoms with E-state index in [-0.39, 0.29) is 23.2 Å². The van der Waals surface area contributed by atoms with Gasteiger partial charge >= 0.3 is 12.0 Å². The molecular formula is C30H41FN4O6. The van der Waals surface area contributed by atoms with Crippen molar-refractivity contribution in [2.24, 2.45) is 11.8 Å². The summed E-state index contributed by atoms with van der Waals surface area (Å²) in [6, 6.07) is 1.81. The number of hydrogen-bond donors (Lipinski definition) is 4. The fraction of sp³-hybridized carbons (Fsp3) is 0.633. The number of carboxylic acids is 1. The summed E-state index contributed by atoms with van der Waals surface area (Å²) in [7, 11) is 0. The molecule has 4 N–H and O–H groups in total. The van der Waals surface area contributed by atoms with Gasteiger partial charge in [-0.25, -0.2) is 14.0 Å². The van der Waals surface area contributed by atoms with Crippen LogP contribution in [0.1, 0.15) is 88.4 Å². The summed E-state index contributed by atoms with van der Waals surface area (Å²) in [5.74, 6) is -3.13. The number of benzene rings is 1. The molecule has 1 unspecified atom stereocenters. The van der Waals surface area contributed by atoms with E-state index in [4.69, 9.17) is 0 Å². The number of carboxylic acid groups (broad SMARTS) is 1. The van der Waals surface area contributed by atoms with Crippen molar-refractivity contribution in [1.82, 2.24) is 20.9 Å². The van der Waals surface area contributed by atoms with Gasteiger partial charge in [0.2, 0.25) is 11.8 Å². The number of nitrogens with one attached hydrogen (secondary N) is 3. The first-order valence-electron chi connectivity index (χ1n) is 14.8. The summed E-state index contributed by atoms with van der Waals surface area (Å²) >= 11 is 0. The second-order valence-electron chi connectivity index (χ2n) is 12.0. The predicted octanol–water partition coefficient (Wildman–Crippen LogP) is 3.40. The summed E-state index contributed by atoms with van der Waals surface area (Å²) in [6.07, 6.45) is 6.75. The van der Waals surface area contributed by atoms with Gasteiger partial charge < -0.3 is 26.0 Å². The Kier molecular flexibility index (Phi) is 9.65. The minimum Gasteiger partial charge on any atom is -0.479 e. The van der Waals surface area contributed by atoms with Crippen LogP contribution in [-0.2, 0) is 14.4 Å². The third-order valence-corrected chi connectivity index (χ3v) is 8.68. The Hall–Kier alpha value is -3.50. The summed E-state index contributed by atoms with van der Waals surface area (Å²) in [6.45, 7) is 3.89. The molecule has 0 spiro atoms. The quantitative estimate of drug-likeness (QED) is 0.385.